The molecule has 0 aromatic heterocycles. The number of nitrogens with one attached hydrogen (secondary N) is 2. The number of hydrogen-bond donors (Lipinski definition) is 2. The van der Waals surface area contributed by atoms with E-state index in [1.807, 2.05) is 0 Å². The van der Waals surface area contributed by atoms with E-state index in [0.29, 0.717) is 21.4 Å². The van der Waals surface area contributed by atoms with Crippen molar-refractivity contribution in [2.24, 2.45) is 0 Å². The lowest BCUT2D eigenvalue weighted by molar-refractivity contribution is -0.123. The fourth-order valence-electron chi connectivity index (χ4n) is 1.73. The largest absolute Gasteiger partial charge is 0.324 e. The summed E-state index contributed by atoms with van der Waals surface area (Å²) in [5.41, 5.74) is 0.705. The maximum atomic E-state index is 11.9. The molecular weight excluding hydrogens is 382 g/mol. The molecule has 0 heterocycles. The van der Waals surface area contributed by atoms with Gasteiger partial charge < -0.3 is 10.6 Å². The average molecular weight is 392 g/mol. The van der Waals surface area contributed by atoms with E-state index in [9.17, 15) is 9.59 Å². The highest BCUT2D eigenvalue weighted by atomic mass is 35.5. The third-order valence-electron chi connectivity index (χ3n) is 2.75. The van der Waals surface area contributed by atoms with Crippen LogP contribution in [0, 0.1) is 0 Å². The number of rotatable bonds is 4. The topological polar surface area (TPSA) is 58.2 Å². The molecule has 2 N–H and O–H groups in total. The van der Waals surface area contributed by atoms with Gasteiger partial charge in [0.2, 0.25) is 11.8 Å². The van der Waals surface area contributed by atoms with E-state index in [-0.39, 0.29) is 10.0 Å². The summed E-state index contributed by atoms with van der Waals surface area (Å²) in [6, 6.07) is 9.43. The van der Waals surface area contributed by atoms with Gasteiger partial charge >= 0.3 is 0 Å². The van der Waals surface area contributed by atoms with Gasteiger partial charge in [-0.05, 0) is 30.3 Å². The van der Waals surface area contributed by atoms with E-state index in [2.05, 4.69) is 10.6 Å². The molecule has 120 valence electrons. The average Bonchev–Trinajstić information content (AvgIpc) is 2.47. The normalized spacial score (nSPS) is 10.3. The van der Waals surface area contributed by atoms with Crippen molar-refractivity contribution >= 4 is 69.6 Å². The Morgan fingerprint density at radius 2 is 1.48 bits per heavy atom. The Kier molecular flexibility index (Phi) is 6.13. The van der Waals surface area contributed by atoms with E-state index < -0.39 is 18.2 Å². The summed E-state index contributed by atoms with van der Waals surface area (Å²) in [6.45, 7) is 0. The van der Waals surface area contributed by atoms with E-state index in [0.717, 1.165) is 0 Å². The smallest absolute Gasteiger partial charge is 0.233 e. The Labute approximate surface area is 152 Å². The van der Waals surface area contributed by atoms with Gasteiger partial charge in [-0.3, -0.25) is 9.59 Å². The van der Waals surface area contributed by atoms with Crippen molar-refractivity contribution < 1.29 is 9.59 Å². The van der Waals surface area contributed by atoms with Crippen LogP contribution in [0.1, 0.15) is 6.42 Å². The molecule has 0 saturated carbocycles. The molecule has 2 aromatic rings. The van der Waals surface area contributed by atoms with Crippen LogP contribution in [0.25, 0.3) is 0 Å². The van der Waals surface area contributed by atoms with E-state index >= 15 is 0 Å². The number of carbonyl (C=O) groups is 2. The fourth-order valence-corrected chi connectivity index (χ4v) is 2.53. The lowest BCUT2D eigenvalue weighted by Gasteiger charge is -2.09. The maximum absolute atomic E-state index is 11.9. The third-order valence-corrected chi connectivity index (χ3v) is 4.12. The SMILES string of the molecule is O=C(CC(=O)Nc1cccc(Cl)c1Cl)Nc1ccc(Cl)cc1Cl. The Morgan fingerprint density at radius 3 is 2.13 bits per heavy atom. The van der Waals surface area contributed by atoms with Crippen molar-refractivity contribution in [3.63, 3.8) is 0 Å². The predicted molar refractivity (Wildman–Crippen MR) is 94.8 cm³/mol. The third kappa shape index (κ3) is 5.01. The van der Waals surface area contributed by atoms with Crippen LogP contribution in [0.3, 0.4) is 0 Å². The minimum atomic E-state index is -0.531. The molecule has 0 aliphatic heterocycles. The van der Waals surface area contributed by atoms with Crippen LogP contribution >= 0.6 is 46.4 Å². The summed E-state index contributed by atoms with van der Waals surface area (Å²) in [7, 11) is 0. The number of hydrogen-bond acceptors (Lipinski definition) is 2. The van der Waals surface area contributed by atoms with Crippen molar-refractivity contribution in [3.05, 3.63) is 56.5 Å². The van der Waals surface area contributed by atoms with Crippen molar-refractivity contribution in [1.82, 2.24) is 0 Å². The molecule has 4 nitrogen and oxygen atoms in total. The van der Waals surface area contributed by atoms with Gasteiger partial charge in [-0.15, -0.1) is 0 Å². The van der Waals surface area contributed by atoms with Crippen LogP contribution in [0.5, 0.6) is 0 Å². The molecule has 0 atom stereocenters. The summed E-state index contributed by atoms with van der Waals surface area (Å²) >= 11 is 23.5. The van der Waals surface area contributed by atoms with Gasteiger partial charge in [0.25, 0.3) is 0 Å². The summed E-state index contributed by atoms with van der Waals surface area (Å²) in [5, 5.41) is 6.30. The molecule has 0 spiro atoms. The molecule has 0 radical (unpaired) electrons. The van der Waals surface area contributed by atoms with Crippen LogP contribution in [0.2, 0.25) is 20.1 Å². The molecule has 0 aliphatic rings. The molecule has 2 amide bonds. The summed E-state index contributed by atoms with van der Waals surface area (Å²) < 4.78 is 0. The highest BCUT2D eigenvalue weighted by molar-refractivity contribution is 6.44. The van der Waals surface area contributed by atoms with Crippen molar-refractivity contribution in [1.29, 1.82) is 0 Å². The van der Waals surface area contributed by atoms with Gasteiger partial charge in [0.05, 0.1) is 26.4 Å². The first kappa shape index (κ1) is 17.9. The van der Waals surface area contributed by atoms with E-state index in [4.69, 9.17) is 46.4 Å². The minimum absolute atomic E-state index is 0.212. The number of benzene rings is 2. The van der Waals surface area contributed by atoms with Gasteiger partial charge in [0.15, 0.2) is 0 Å². The Balaban J connectivity index is 1.97. The van der Waals surface area contributed by atoms with Gasteiger partial charge in [-0.2, -0.15) is 0 Å². The number of carbonyl (C=O) groups excluding carboxylic acids is 2. The van der Waals surface area contributed by atoms with Crippen LogP contribution < -0.4 is 10.6 Å². The van der Waals surface area contributed by atoms with Gasteiger partial charge in [-0.25, -0.2) is 0 Å². The number of halogens is 4. The Morgan fingerprint density at radius 1 is 0.826 bits per heavy atom. The second-order valence-corrected chi connectivity index (χ2v) is 6.13. The first-order chi connectivity index (χ1) is 10.9. The molecule has 2 rings (SSSR count). The zero-order chi connectivity index (χ0) is 17.0. The highest BCUT2D eigenvalue weighted by Crippen LogP contribution is 2.29. The quantitative estimate of drug-likeness (QED) is 0.697. The molecule has 0 saturated heterocycles. The first-order valence-electron chi connectivity index (χ1n) is 6.35. The zero-order valence-electron chi connectivity index (χ0n) is 11.5. The fraction of sp³-hybridized carbons (Fsp3) is 0.0667. The molecule has 0 unspecified atom stereocenters. The lowest BCUT2D eigenvalue weighted by Crippen LogP contribution is -2.21. The zero-order valence-corrected chi connectivity index (χ0v) is 14.5. The monoisotopic (exact) mass is 390 g/mol. The number of anilines is 2. The molecule has 8 heteroatoms. The maximum Gasteiger partial charge on any atom is 0.233 e. The minimum Gasteiger partial charge on any atom is -0.324 e. The van der Waals surface area contributed by atoms with Crippen molar-refractivity contribution in [2.75, 3.05) is 10.6 Å². The van der Waals surface area contributed by atoms with Crippen molar-refractivity contribution in [2.45, 2.75) is 6.42 Å². The van der Waals surface area contributed by atoms with Crippen LogP contribution in [-0.2, 0) is 9.59 Å². The molecule has 23 heavy (non-hydrogen) atoms. The first-order valence-corrected chi connectivity index (χ1v) is 7.87. The lowest BCUT2D eigenvalue weighted by atomic mass is 10.2. The number of amides is 2. The Hall–Kier alpha value is -1.46. The van der Waals surface area contributed by atoms with Gasteiger partial charge in [0, 0.05) is 5.02 Å². The summed E-state index contributed by atoms with van der Waals surface area (Å²) in [6.07, 6.45) is -0.401. The second-order valence-electron chi connectivity index (χ2n) is 4.50. The summed E-state index contributed by atoms with van der Waals surface area (Å²) in [5.74, 6) is -1.05. The summed E-state index contributed by atoms with van der Waals surface area (Å²) in [4.78, 5) is 23.8. The van der Waals surface area contributed by atoms with E-state index in [1.165, 1.54) is 6.07 Å². The molecule has 0 bridgehead atoms. The second kappa shape index (κ2) is 7.88. The highest BCUT2D eigenvalue weighted by Gasteiger charge is 2.13. The molecule has 0 aliphatic carbocycles. The molecule has 2 aromatic carbocycles. The standard InChI is InChI=1S/C15H10Cl4N2O2/c16-8-4-5-11(10(18)6-8)20-13(22)7-14(23)21-12-3-1-2-9(17)15(12)19/h1-6H,7H2,(H,20,22)(H,21,23). The van der Waals surface area contributed by atoms with Gasteiger partial charge in [-0.1, -0.05) is 52.5 Å². The van der Waals surface area contributed by atoms with Crippen molar-refractivity contribution in [3.8, 4) is 0 Å². The van der Waals surface area contributed by atoms with E-state index in [1.54, 1.807) is 30.3 Å². The molecular formula is C15H10Cl4N2O2. The van der Waals surface area contributed by atoms with Gasteiger partial charge in [0.1, 0.15) is 6.42 Å². The predicted octanol–water partition coefficient (Wildman–Crippen LogP) is 5.27. The van der Waals surface area contributed by atoms with Crippen LogP contribution in [-0.4, -0.2) is 11.8 Å². The Bertz CT molecular complexity index is 765. The van der Waals surface area contributed by atoms with Crippen LogP contribution in [0.4, 0.5) is 11.4 Å². The van der Waals surface area contributed by atoms with Crippen LogP contribution in [0.15, 0.2) is 36.4 Å². The molecule has 0 fully saturated rings.